The number of benzene rings is 1. The number of sulfonamides is 1. The monoisotopic (exact) mass is 332 g/mol. The lowest BCUT2D eigenvalue weighted by Gasteiger charge is -2.17. The maximum atomic E-state index is 12.1. The highest BCUT2D eigenvalue weighted by molar-refractivity contribution is 8.00. The standard InChI is InChI=1S/C14H24N2O3S2/c1-16(9-5-2-6-10-17)21(18,19)12-11-20-14-8-4-3-7-13(14)15/h3-4,7-8,17H,2,5-6,9-12,15H2,1H3. The Morgan fingerprint density at radius 1 is 1.24 bits per heavy atom. The van der Waals surface area contributed by atoms with Gasteiger partial charge in [0.05, 0.1) is 5.75 Å². The van der Waals surface area contributed by atoms with Crippen molar-refractivity contribution in [3.05, 3.63) is 24.3 Å². The van der Waals surface area contributed by atoms with Gasteiger partial charge in [-0.1, -0.05) is 12.1 Å². The minimum absolute atomic E-state index is 0.0997. The van der Waals surface area contributed by atoms with Crippen LogP contribution in [0, 0.1) is 0 Å². The zero-order chi connectivity index (χ0) is 15.7. The molecule has 120 valence electrons. The Labute approximate surface area is 131 Å². The summed E-state index contributed by atoms with van der Waals surface area (Å²) in [7, 11) is -1.61. The fourth-order valence-corrected chi connectivity index (χ4v) is 4.31. The molecular weight excluding hydrogens is 308 g/mol. The van der Waals surface area contributed by atoms with Crippen molar-refractivity contribution in [3.63, 3.8) is 0 Å². The maximum Gasteiger partial charge on any atom is 0.214 e. The van der Waals surface area contributed by atoms with Crippen LogP contribution in [0.3, 0.4) is 0 Å². The molecule has 0 aromatic heterocycles. The van der Waals surface area contributed by atoms with E-state index in [-0.39, 0.29) is 12.4 Å². The summed E-state index contributed by atoms with van der Waals surface area (Å²) >= 11 is 1.46. The summed E-state index contributed by atoms with van der Waals surface area (Å²) in [6.07, 6.45) is 2.33. The lowest BCUT2D eigenvalue weighted by atomic mass is 10.2. The van der Waals surface area contributed by atoms with Crippen molar-refractivity contribution in [2.75, 3.05) is 37.4 Å². The summed E-state index contributed by atoms with van der Waals surface area (Å²) in [4.78, 5) is 0.915. The van der Waals surface area contributed by atoms with E-state index >= 15 is 0 Å². The second-order valence-corrected chi connectivity index (χ2v) is 8.14. The Morgan fingerprint density at radius 2 is 1.95 bits per heavy atom. The van der Waals surface area contributed by atoms with E-state index < -0.39 is 10.0 Å². The molecule has 0 spiro atoms. The number of nitrogens with two attached hydrogens (primary N) is 1. The van der Waals surface area contributed by atoms with Gasteiger partial charge < -0.3 is 10.8 Å². The number of nitrogen functional groups attached to an aromatic ring is 1. The first-order chi connectivity index (χ1) is 9.97. The van der Waals surface area contributed by atoms with Gasteiger partial charge >= 0.3 is 0 Å². The SMILES string of the molecule is CN(CCCCCO)S(=O)(=O)CCSc1ccccc1N. The summed E-state index contributed by atoms with van der Waals surface area (Å²) in [6.45, 7) is 0.659. The highest BCUT2D eigenvalue weighted by Gasteiger charge is 2.17. The number of hydrogen-bond donors (Lipinski definition) is 2. The van der Waals surface area contributed by atoms with Crippen LogP contribution in [-0.4, -0.2) is 49.5 Å². The molecule has 0 radical (unpaired) electrons. The van der Waals surface area contributed by atoms with Crippen LogP contribution < -0.4 is 5.73 Å². The second-order valence-electron chi connectivity index (χ2n) is 4.81. The van der Waals surface area contributed by atoms with Crippen LogP contribution in [0.25, 0.3) is 0 Å². The van der Waals surface area contributed by atoms with Gasteiger partial charge in [0.2, 0.25) is 10.0 Å². The summed E-state index contributed by atoms with van der Waals surface area (Å²) < 4.78 is 25.6. The molecule has 0 aliphatic carbocycles. The van der Waals surface area contributed by atoms with E-state index in [0.29, 0.717) is 18.0 Å². The van der Waals surface area contributed by atoms with E-state index in [1.165, 1.54) is 16.1 Å². The van der Waals surface area contributed by atoms with Crippen molar-refractivity contribution in [1.82, 2.24) is 4.31 Å². The van der Waals surface area contributed by atoms with Crippen LogP contribution in [0.1, 0.15) is 19.3 Å². The molecule has 3 N–H and O–H groups in total. The topological polar surface area (TPSA) is 83.6 Å². The largest absolute Gasteiger partial charge is 0.398 e. The zero-order valence-corrected chi connectivity index (χ0v) is 14.0. The van der Waals surface area contributed by atoms with Crippen LogP contribution in [0.15, 0.2) is 29.2 Å². The Morgan fingerprint density at radius 3 is 2.62 bits per heavy atom. The molecule has 0 saturated heterocycles. The van der Waals surface area contributed by atoms with Crippen molar-refractivity contribution >= 4 is 27.5 Å². The number of nitrogens with zero attached hydrogens (tertiary/aromatic N) is 1. The van der Waals surface area contributed by atoms with Gasteiger partial charge in [-0.15, -0.1) is 11.8 Å². The Kier molecular flexibility index (Phi) is 8.10. The number of aliphatic hydroxyl groups excluding tert-OH is 1. The number of para-hydroxylation sites is 1. The number of thioether (sulfide) groups is 1. The molecule has 1 aromatic rings. The van der Waals surface area contributed by atoms with Crippen LogP contribution in [0.4, 0.5) is 5.69 Å². The summed E-state index contributed by atoms with van der Waals surface area (Å²) in [5.74, 6) is 0.583. The fraction of sp³-hybridized carbons (Fsp3) is 0.571. The van der Waals surface area contributed by atoms with Crippen molar-refractivity contribution in [2.24, 2.45) is 0 Å². The molecule has 5 nitrogen and oxygen atoms in total. The zero-order valence-electron chi connectivity index (χ0n) is 12.4. The smallest absolute Gasteiger partial charge is 0.214 e. The molecule has 0 heterocycles. The van der Waals surface area contributed by atoms with E-state index in [9.17, 15) is 8.42 Å². The van der Waals surface area contributed by atoms with E-state index in [4.69, 9.17) is 10.8 Å². The van der Waals surface area contributed by atoms with E-state index in [1.54, 1.807) is 7.05 Å². The van der Waals surface area contributed by atoms with E-state index in [2.05, 4.69) is 0 Å². The van der Waals surface area contributed by atoms with Crippen LogP contribution >= 0.6 is 11.8 Å². The van der Waals surface area contributed by atoms with Gasteiger partial charge in [0, 0.05) is 36.5 Å². The van der Waals surface area contributed by atoms with Crippen LogP contribution in [0.2, 0.25) is 0 Å². The van der Waals surface area contributed by atoms with Crippen molar-refractivity contribution < 1.29 is 13.5 Å². The molecule has 0 aliphatic rings. The molecule has 0 bridgehead atoms. The normalized spacial score (nSPS) is 12.0. The van der Waals surface area contributed by atoms with Crippen LogP contribution in [-0.2, 0) is 10.0 Å². The Balaban J connectivity index is 2.37. The Hall–Kier alpha value is -0.760. The number of unbranched alkanes of at least 4 members (excludes halogenated alkanes) is 2. The first kappa shape index (κ1) is 18.3. The first-order valence-corrected chi connectivity index (χ1v) is 9.59. The van der Waals surface area contributed by atoms with Crippen molar-refractivity contribution in [2.45, 2.75) is 24.2 Å². The van der Waals surface area contributed by atoms with Gasteiger partial charge in [-0.05, 0) is 31.4 Å². The molecular formula is C14H24N2O3S2. The molecule has 0 aliphatic heterocycles. The van der Waals surface area contributed by atoms with Crippen molar-refractivity contribution in [3.8, 4) is 0 Å². The third kappa shape index (κ3) is 6.69. The first-order valence-electron chi connectivity index (χ1n) is 6.99. The average Bonchev–Trinajstić information content (AvgIpc) is 2.45. The lowest BCUT2D eigenvalue weighted by molar-refractivity contribution is 0.281. The van der Waals surface area contributed by atoms with Crippen LogP contribution in [0.5, 0.6) is 0 Å². The van der Waals surface area contributed by atoms with Gasteiger partial charge in [0.15, 0.2) is 0 Å². The number of aliphatic hydroxyl groups is 1. The number of anilines is 1. The van der Waals surface area contributed by atoms with Gasteiger partial charge in [0.1, 0.15) is 0 Å². The number of hydrogen-bond acceptors (Lipinski definition) is 5. The summed E-state index contributed by atoms with van der Waals surface area (Å²) in [5, 5.41) is 8.69. The second kappa shape index (κ2) is 9.30. The van der Waals surface area contributed by atoms with E-state index in [1.807, 2.05) is 24.3 Å². The molecule has 21 heavy (non-hydrogen) atoms. The van der Waals surface area contributed by atoms with Gasteiger partial charge in [-0.2, -0.15) is 0 Å². The average molecular weight is 332 g/mol. The quantitative estimate of drug-likeness (QED) is 0.388. The highest BCUT2D eigenvalue weighted by atomic mass is 32.2. The molecule has 7 heteroatoms. The predicted molar refractivity (Wildman–Crippen MR) is 88.9 cm³/mol. The summed E-state index contributed by atoms with van der Waals surface area (Å²) in [5.41, 5.74) is 6.50. The Bertz CT molecular complexity index is 521. The molecule has 0 fully saturated rings. The maximum absolute atomic E-state index is 12.1. The molecule has 1 aromatic carbocycles. The molecule has 0 saturated carbocycles. The molecule has 0 atom stereocenters. The van der Waals surface area contributed by atoms with Crippen molar-refractivity contribution in [1.29, 1.82) is 0 Å². The molecule has 0 unspecified atom stereocenters. The molecule has 1 rings (SSSR count). The highest BCUT2D eigenvalue weighted by Crippen LogP contribution is 2.24. The summed E-state index contributed by atoms with van der Waals surface area (Å²) in [6, 6.07) is 7.45. The van der Waals surface area contributed by atoms with E-state index in [0.717, 1.165) is 24.2 Å². The minimum Gasteiger partial charge on any atom is -0.398 e. The minimum atomic E-state index is -3.22. The van der Waals surface area contributed by atoms with Gasteiger partial charge in [-0.25, -0.2) is 12.7 Å². The fourth-order valence-electron chi connectivity index (χ4n) is 1.79. The van der Waals surface area contributed by atoms with Gasteiger partial charge in [-0.3, -0.25) is 0 Å². The molecule has 0 amide bonds. The third-order valence-corrected chi connectivity index (χ3v) is 6.33. The lowest BCUT2D eigenvalue weighted by Crippen LogP contribution is -2.31. The third-order valence-electron chi connectivity index (χ3n) is 3.12. The predicted octanol–water partition coefficient (Wildman–Crippen LogP) is 1.79. The number of rotatable bonds is 10. The van der Waals surface area contributed by atoms with Gasteiger partial charge in [0.25, 0.3) is 0 Å².